The lowest BCUT2D eigenvalue weighted by atomic mass is 10.1. The van der Waals surface area contributed by atoms with Crippen molar-refractivity contribution in [2.75, 3.05) is 19.1 Å². The first-order chi connectivity index (χ1) is 19.0. The van der Waals surface area contributed by atoms with Crippen LogP contribution in [-0.4, -0.2) is 33.8 Å². The number of hydrogen-bond acceptors (Lipinski definition) is 7. The minimum Gasteiger partial charge on any atom is -0.497 e. The predicted octanol–water partition coefficient (Wildman–Crippen LogP) is 6.29. The van der Waals surface area contributed by atoms with Crippen molar-refractivity contribution < 1.29 is 9.47 Å². The Morgan fingerprint density at radius 2 is 1.56 bits per heavy atom. The number of hydrogen-bond donors (Lipinski definition) is 0. The van der Waals surface area contributed by atoms with Crippen molar-refractivity contribution in [3.05, 3.63) is 106 Å². The van der Waals surface area contributed by atoms with Gasteiger partial charge in [0.2, 0.25) is 0 Å². The predicted molar refractivity (Wildman–Crippen MR) is 155 cm³/mol. The van der Waals surface area contributed by atoms with E-state index in [9.17, 15) is 5.26 Å². The number of nitrogens with zero attached hydrogens (tertiary/aromatic N) is 6. The first-order valence-electron chi connectivity index (χ1n) is 12.1. The van der Waals surface area contributed by atoms with Gasteiger partial charge >= 0.3 is 0 Å². The van der Waals surface area contributed by atoms with Gasteiger partial charge in [-0.1, -0.05) is 43.0 Å². The van der Waals surface area contributed by atoms with Gasteiger partial charge in [0.15, 0.2) is 17.3 Å². The monoisotopic (exact) mass is 580 g/mol. The van der Waals surface area contributed by atoms with E-state index in [2.05, 4.69) is 38.6 Å². The van der Waals surface area contributed by atoms with Gasteiger partial charge in [0.05, 0.1) is 25.9 Å². The molecule has 0 atom stereocenters. The smallest absolute Gasteiger partial charge is 0.200 e. The Kier molecular flexibility index (Phi) is 7.57. The summed E-state index contributed by atoms with van der Waals surface area (Å²) in [7, 11) is 3.30. The maximum absolute atomic E-state index is 9.48. The number of halogens is 1. The molecule has 39 heavy (non-hydrogen) atoms. The maximum Gasteiger partial charge on any atom is 0.200 e. The van der Waals surface area contributed by atoms with Gasteiger partial charge in [-0.2, -0.15) is 5.26 Å². The fourth-order valence-electron chi connectivity index (χ4n) is 4.24. The van der Waals surface area contributed by atoms with Crippen molar-refractivity contribution in [2.24, 2.45) is 0 Å². The molecular formula is C30H25BrN6O2. The van der Waals surface area contributed by atoms with Crippen LogP contribution in [0.2, 0.25) is 0 Å². The van der Waals surface area contributed by atoms with Gasteiger partial charge in [-0.05, 0) is 69.5 Å². The van der Waals surface area contributed by atoms with E-state index in [1.165, 1.54) is 0 Å². The Labute approximate surface area is 234 Å². The molecule has 5 rings (SSSR count). The van der Waals surface area contributed by atoms with Crippen molar-refractivity contribution in [1.82, 2.24) is 19.6 Å². The molecular weight excluding hydrogens is 556 g/mol. The first kappa shape index (κ1) is 25.9. The molecule has 8 nitrogen and oxygen atoms in total. The van der Waals surface area contributed by atoms with E-state index in [0.717, 1.165) is 28.2 Å². The van der Waals surface area contributed by atoms with E-state index >= 15 is 0 Å². The molecule has 5 aromatic rings. The quantitative estimate of drug-likeness (QED) is 0.202. The third-order valence-electron chi connectivity index (χ3n) is 6.23. The van der Waals surface area contributed by atoms with Crippen LogP contribution < -0.4 is 14.4 Å². The van der Waals surface area contributed by atoms with Crippen LogP contribution in [0.3, 0.4) is 0 Å². The molecule has 0 fully saturated rings. The minimum absolute atomic E-state index is 0.482. The standard InChI is InChI=1S/C30H25BrN6O2/c1-4-26-33-30-29(34-27(28(31)37(30)35-26)23-7-5-6-22(16-23)17-32)36(18-20-8-12-24(38-2)13-9-20)19-21-10-14-25(39-3)15-11-21/h4-16H,1,18-19H2,2-3H3. The summed E-state index contributed by atoms with van der Waals surface area (Å²) < 4.78 is 13.1. The van der Waals surface area contributed by atoms with E-state index in [4.69, 9.17) is 19.4 Å². The number of methoxy groups -OCH3 is 2. The van der Waals surface area contributed by atoms with Gasteiger partial charge in [-0.15, -0.1) is 5.10 Å². The Hall–Kier alpha value is -4.68. The minimum atomic E-state index is 0.482. The highest BCUT2D eigenvalue weighted by Crippen LogP contribution is 2.33. The molecule has 9 heteroatoms. The largest absolute Gasteiger partial charge is 0.497 e. The van der Waals surface area contributed by atoms with Crippen molar-refractivity contribution in [3.63, 3.8) is 0 Å². The Balaban J connectivity index is 1.69. The van der Waals surface area contributed by atoms with Crippen LogP contribution in [0.1, 0.15) is 22.5 Å². The summed E-state index contributed by atoms with van der Waals surface area (Å²) in [5.74, 6) is 2.70. The zero-order valence-corrected chi connectivity index (χ0v) is 23.1. The lowest BCUT2D eigenvalue weighted by molar-refractivity contribution is 0.414. The highest BCUT2D eigenvalue weighted by molar-refractivity contribution is 9.10. The van der Waals surface area contributed by atoms with Crippen LogP contribution in [0.5, 0.6) is 11.5 Å². The molecule has 0 aliphatic carbocycles. The van der Waals surface area contributed by atoms with Crippen molar-refractivity contribution in [2.45, 2.75) is 13.1 Å². The molecule has 0 spiro atoms. The highest BCUT2D eigenvalue weighted by Gasteiger charge is 2.22. The van der Waals surface area contributed by atoms with E-state index in [0.29, 0.717) is 46.2 Å². The first-order valence-corrected chi connectivity index (χ1v) is 12.9. The summed E-state index contributed by atoms with van der Waals surface area (Å²) in [4.78, 5) is 12.0. The molecule has 0 unspecified atom stereocenters. The molecule has 0 radical (unpaired) electrons. The molecule has 0 saturated heterocycles. The van der Waals surface area contributed by atoms with E-state index in [1.54, 1.807) is 30.9 Å². The second-order valence-corrected chi connectivity index (χ2v) is 9.48. The second kappa shape index (κ2) is 11.4. The van der Waals surface area contributed by atoms with Crippen LogP contribution in [0.4, 0.5) is 5.82 Å². The lowest BCUT2D eigenvalue weighted by Crippen LogP contribution is -2.24. The second-order valence-electron chi connectivity index (χ2n) is 8.73. The normalized spacial score (nSPS) is 10.7. The third kappa shape index (κ3) is 5.47. The maximum atomic E-state index is 9.48. The number of fused-ring (bicyclic) bond motifs is 1. The summed E-state index contributed by atoms with van der Waals surface area (Å²) in [6.07, 6.45) is 1.61. The van der Waals surface area contributed by atoms with Gasteiger partial charge in [0, 0.05) is 18.7 Å². The van der Waals surface area contributed by atoms with Crippen LogP contribution in [-0.2, 0) is 13.1 Å². The molecule has 0 aliphatic heterocycles. The van der Waals surface area contributed by atoms with E-state index < -0.39 is 0 Å². The average Bonchev–Trinajstić information content (AvgIpc) is 3.43. The summed E-state index contributed by atoms with van der Waals surface area (Å²) in [6, 6.07) is 25.5. The fourth-order valence-corrected chi connectivity index (χ4v) is 4.80. The molecule has 0 aliphatic rings. The van der Waals surface area contributed by atoms with Gasteiger partial charge < -0.3 is 14.4 Å². The van der Waals surface area contributed by atoms with Crippen LogP contribution in [0.15, 0.2) is 84.0 Å². The lowest BCUT2D eigenvalue weighted by Gasteiger charge is -2.25. The van der Waals surface area contributed by atoms with E-state index in [-0.39, 0.29) is 0 Å². The summed E-state index contributed by atoms with van der Waals surface area (Å²) in [6.45, 7) is 4.95. The Morgan fingerprint density at radius 3 is 2.10 bits per heavy atom. The average molecular weight is 581 g/mol. The number of anilines is 1. The van der Waals surface area contributed by atoms with Crippen molar-refractivity contribution >= 4 is 33.5 Å². The van der Waals surface area contributed by atoms with Gasteiger partial charge in [-0.3, -0.25) is 0 Å². The molecule has 194 valence electrons. The van der Waals surface area contributed by atoms with Crippen LogP contribution in [0, 0.1) is 11.3 Å². The zero-order chi connectivity index (χ0) is 27.4. The fraction of sp³-hybridized carbons (Fsp3) is 0.133. The molecule has 2 aromatic heterocycles. The topological polar surface area (TPSA) is 88.6 Å². The van der Waals surface area contributed by atoms with Crippen molar-refractivity contribution in [1.29, 1.82) is 5.26 Å². The van der Waals surface area contributed by atoms with Gasteiger partial charge in [0.1, 0.15) is 21.8 Å². The molecule has 0 amide bonds. The van der Waals surface area contributed by atoms with Crippen LogP contribution >= 0.6 is 15.9 Å². The third-order valence-corrected chi connectivity index (χ3v) is 6.95. The number of nitriles is 1. The molecule has 0 bridgehead atoms. The SMILES string of the molecule is C=Cc1nc2c(N(Cc3ccc(OC)cc3)Cc3ccc(OC)cc3)nc(-c3cccc(C#N)c3)c(Br)n2n1. The van der Waals surface area contributed by atoms with Crippen molar-refractivity contribution in [3.8, 4) is 28.8 Å². The molecule has 0 N–H and O–H groups in total. The highest BCUT2D eigenvalue weighted by atomic mass is 79.9. The molecule has 2 heterocycles. The van der Waals surface area contributed by atoms with Gasteiger partial charge in [-0.25, -0.2) is 14.5 Å². The summed E-state index contributed by atoms with van der Waals surface area (Å²) >= 11 is 3.69. The number of aromatic nitrogens is 4. The Bertz CT molecular complexity index is 1620. The number of rotatable bonds is 9. The zero-order valence-electron chi connectivity index (χ0n) is 21.5. The van der Waals surface area contributed by atoms with Crippen LogP contribution in [0.25, 0.3) is 23.0 Å². The van der Waals surface area contributed by atoms with Gasteiger partial charge in [0.25, 0.3) is 0 Å². The van der Waals surface area contributed by atoms with E-state index in [1.807, 2.05) is 66.7 Å². The summed E-state index contributed by atoms with van der Waals surface area (Å²) in [5.41, 5.74) is 4.70. The number of ether oxygens (including phenoxy) is 2. The number of benzene rings is 3. The Morgan fingerprint density at radius 1 is 0.949 bits per heavy atom. The summed E-state index contributed by atoms with van der Waals surface area (Å²) in [5, 5.41) is 14.1. The molecule has 3 aromatic carbocycles. The molecule has 0 saturated carbocycles.